The Morgan fingerprint density at radius 2 is 1.83 bits per heavy atom. The molecular formula is C10H16Cl2. The lowest BCUT2D eigenvalue weighted by Gasteiger charge is -2.28. The largest absolute Gasteiger partial charge is 0.121 e. The second-order valence-corrected chi connectivity index (χ2v) is 6.09. The van der Waals surface area contributed by atoms with Gasteiger partial charge in [-0.2, -0.15) is 0 Å². The highest BCUT2D eigenvalue weighted by Crippen LogP contribution is 2.73. The van der Waals surface area contributed by atoms with Crippen LogP contribution in [0.5, 0.6) is 0 Å². The predicted octanol–water partition coefficient (Wildman–Crippen LogP) is 3.66. The summed E-state index contributed by atoms with van der Waals surface area (Å²) in [4.78, 5) is -0.0910. The van der Waals surface area contributed by atoms with Crippen molar-refractivity contribution in [3.05, 3.63) is 0 Å². The Morgan fingerprint density at radius 3 is 2.33 bits per heavy atom. The standard InChI is InChI=1S/C10H16Cl2/c1-6-4-5-7-9(2,3)10(7,12)8(6)11/h6-8H,4-5H2,1-3H3. The van der Waals surface area contributed by atoms with Gasteiger partial charge in [0.2, 0.25) is 0 Å². The lowest BCUT2D eigenvalue weighted by molar-refractivity contribution is 0.390. The van der Waals surface area contributed by atoms with Crippen molar-refractivity contribution in [2.45, 2.75) is 43.9 Å². The smallest absolute Gasteiger partial charge is 0.0700 e. The fourth-order valence-corrected chi connectivity index (χ4v) is 4.19. The second kappa shape index (κ2) is 2.33. The molecule has 0 saturated heterocycles. The van der Waals surface area contributed by atoms with Crippen LogP contribution in [0.1, 0.15) is 33.6 Å². The first-order chi connectivity index (χ1) is 5.42. The zero-order valence-corrected chi connectivity index (χ0v) is 9.41. The monoisotopic (exact) mass is 206 g/mol. The van der Waals surface area contributed by atoms with Crippen molar-refractivity contribution < 1.29 is 0 Å². The Bertz CT molecular complexity index is 212. The molecular weight excluding hydrogens is 191 g/mol. The number of halogens is 2. The molecule has 2 fully saturated rings. The highest BCUT2D eigenvalue weighted by Gasteiger charge is 2.74. The van der Waals surface area contributed by atoms with E-state index >= 15 is 0 Å². The van der Waals surface area contributed by atoms with Gasteiger partial charge in [0.25, 0.3) is 0 Å². The lowest BCUT2D eigenvalue weighted by atomic mass is 9.90. The minimum absolute atomic E-state index is 0.0910. The van der Waals surface area contributed by atoms with Gasteiger partial charge < -0.3 is 0 Å². The average molecular weight is 207 g/mol. The summed E-state index contributed by atoms with van der Waals surface area (Å²) in [6.45, 7) is 6.71. The summed E-state index contributed by atoms with van der Waals surface area (Å²) >= 11 is 12.9. The van der Waals surface area contributed by atoms with Crippen molar-refractivity contribution >= 4 is 23.2 Å². The molecule has 2 saturated carbocycles. The molecule has 2 aliphatic rings. The van der Waals surface area contributed by atoms with Crippen LogP contribution < -0.4 is 0 Å². The third-order valence-electron chi connectivity index (χ3n) is 4.09. The van der Waals surface area contributed by atoms with Gasteiger partial charge >= 0.3 is 0 Å². The average Bonchev–Trinajstić information content (AvgIpc) is 2.42. The zero-order chi connectivity index (χ0) is 9.15. The van der Waals surface area contributed by atoms with E-state index in [9.17, 15) is 0 Å². The first-order valence-electron chi connectivity index (χ1n) is 4.75. The topological polar surface area (TPSA) is 0 Å². The third kappa shape index (κ3) is 0.812. The molecule has 0 spiro atoms. The van der Waals surface area contributed by atoms with Crippen LogP contribution in [0.25, 0.3) is 0 Å². The van der Waals surface area contributed by atoms with Gasteiger partial charge in [-0.15, -0.1) is 23.2 Å². The Balaban J connectivity index is 2.26. The molecule has 4 unspecified atom stereocenters. The maximum Gasteiger partial charge on any atom is 0.0700 e. The number of alkyl halides is 2. The molecule has 0 amide bonds. The summed E-state index contributed by atoms with van der Waals surface area (Å²) in [6.07, 6.45) is 2.51. The van der Waals surface area contributed by atoms with Crippen LogP contribution in [0.3, 0.4) is 0 Å². The van der Waals surface area contributed by atoms with E-state index in [1.807, 2.05) is 0 Å². The van der Waals surface area contributed by atoms with E-state index in [4.69, 9.17) is 23.2 Å². The molecule has 70 valence electrons. The fraction of sp³-hybridized carbons (Fsp3) is 1.00. The minimum Gasteiger partial charge on any atom is -0.121 e. The van der Waals surface area contributed by atoms with Crippen molar-refractivity contribution in [2.24, 2.45) is 17.3 Å². The molecule has 0 aromatic rings. The molecule has 4 atom stereocenters. The first kappa shape index (κ1) is 9.15. The highest BCUT2D eigenvalue weighted by atomic mass is 35.5. The van der Waals surface area contributed by atoms with Crippen molar-refractivity contribution in [2.75, 3.05) is 0 Å². The van der Waals surface area contributed by atoms with E-state index in [1.54, 1.807) is 0 Å². The summed E-state index contributed by atoms with van der Waals surface area (Å²) in [5.74, 6) is 1.24. The summed E-state index contributed by atoms with van der Waals surface area (Å²) in [7, 11) is 0. The van der Waals surface area contributed by atoms with Gasteiger partial charge in [-0.25, -0.2) is 0 Å². The van der Waals surface area contributed by atoms with E-state index < -0.39 is 0 Å². The molecule has 0 heterocycles. The van der Waals surface area contributed by atoms with Crippen LogP contribution in [-0.4, -0.2) is 10.3 Å². The van der Waals surface area contributed by atoms with Crippen LogP contribution >= 0.6 is 23.2 Å². The van der Waals surface area contributed by atoms with Gasteiger partial charge in [0.1, 0.15) is 0 Å². The van der Waals surface area contributed by atoms with Crippen molar-refractivity contribution in [1.82, 2.24) is 0 Å². The number of fused-ring (bicyclic) bond motifs is 1. The molecule has 0 aromatic heterocycles. The predicted molar refractivity (Wildman–Crippen MR) is 53.9 cm³/mol. The molecule has 0 radical (unpaired) electrons. The summed E-state index contributed by atoms with van der Waals surface area (Å²) < 4.78 is 0. The summed E-state index contributed by atoms with van der Waals surface area (Å²) in [6, 6.07) is 0. The fourth-order valence-electron chi connectivity index (χ4n) is 2.96. The van der Waals surface area contributed by atoms with E-state index in [2.05, 4.69) is 20.8 Å². The summed E-state index contributed by atoms with van der Waals surface area (Å²) in [5, 5.41) is 0.174. The van der Waals surface area contributed by atoms with E-state index in [0.29, 0.717) is 11.8 Å². The highest BCUT2D eigenvalue weighted by molar-refractivity contribution is 6.35. The van der Waals surface area contributed by atoms with E-state index in [0.717, 1.165) is 0 Å². The molecule has 12 heavy (non-hydrogen) atoms. The van der Waals surface area contributed by atoms with Crippen LogP contribution in [0.4, 0.5) is 0 Å². The molecule has 0 aromatic carbocycles. The van der Waals surface area contributed by atoms with Crippen LogP contribution in [-0.2, 0) is 0 Å². The van der Waals surface area contributed by atoms with Crippen LogP contribution in [0.15, 0.2) is 0 Å². The molecule has 2 rings (SSSR count). The normalized spacial score (nSPS) is 56.2. The molecule has 0 bridgehead atoms. The second-order valence-electron chi connectivity index (χ2n) is 5.00. The van der Waals surface area contributed by atoms with E-state index in [1.165, 1.54) is 12.8 Å². The maximum absolute atomic E-state index is 6.55. The Hall–Kier alpha value is 0.580. The van der Waals surface area contributed by atoms with Crippen molar-refractivity contribution in [3.63, 3.8) is 0 Å². The first-order valence-corrected chi connectivity index (χ1v) is 5.56. The van der Waals surface area contributed by atoms with Gasteiger partial charge in [0, 0.05) is 0 Å². The van der Waals surface area contributed by atoms with Gasteiger partial charge in [-0.3, -0.25) is 0 Å². The van der Waals surface area contributed by atoms with Gasteiger partial charge in [-0.1, -0.05) is 20.8 Å². The van der Waals surface area contributed by atoms with Crippen LogP contribution in [0, 0.1) is 17.3 Å². The van der Waals surface area contributed by atoms with E-state index in [-0.39, 0.29) is 15.7 Å². The molecule has 2 heteroatoms. The Labute approximate surface area is 84.6 Å². The zero-order valence-electron chi connectivity index (χ0n) is 7.90. The minimum atomic E-state index is -0.0910. The molecule has 0 nitrogen and oxygen atoms in total. The SMILES string of the molecule is CC1CCC2C(C)(C)C2(Cl)C1Cl. The van der Waals surface area contributed by atoms with Gasteiger partial charge in [0.15, 0.2) is 0 Å². The third-order valence-corrected chi connectivity index (χ3v) is 5.97. The Kier molecular flexibility index (Phi) is 1.78. The lowest BCUT2D eigenvalue weighted by Crippen LogP contribution is -2.32. The van der Waals surface area contributed by atoms with Gasteiger partial charge in [0.05, 0.1) is 10.3 Å². The number of hydrogen-bond donors (Lipinski definition) is 0. The van der Waals surface area contributed by atoms with Gasteiger partial charge in [-0.05, 0) is 30.1 Å². The molecule has 0 aliphatic heterocycles. The molecule has 0 N–H and O–H groups in total. The maximum atomic E-state index is 6.55. The van der Waals surface area contributed by atoms with Crippen LogP contribution in [0.2, 0.25) is 0 Å². The number of hydrogen-bond acceptors (Lipinski definition) is 0. The summed E-state index contributed by atoms with van der Waals surface area (Å²) in [5.41, 5.74) is 0.270. The molecule has 2 aliphatic carbocycles. The quantitative estimate of drug-likeness (QED) is 0.532. The Morgan fingerprint density at radius 1 is 1.25 bits per heavy atom. The number of rotatable bonds is 0. The van der Waals surface area contributed by atoms with Crippen molar-refractivity contribution in [1.29, 1.82) is 0 Å². The van der Waals surface area contributed by atoms with Crippen molar-refractivity contribution in [3.8, 4) is 0 Å².